The Kier molecular flexibility index (Phi) is 8.93. The van der Waals surface area contributed by atoms with Gasteiger partial charge in [-0.3, -0.25) is 0 Å². The van der Waals surface area contributed by atoms with Crippen molar-refractivity contribution < 1.29 is 39.9 Å². The van der Waals surface area contributed by atoms with Crippen molar-refractivity contribution in [3.05, 3.63) is 95.6 Å². The molecule has 0 amide bonds. The third-order valence-electron chi connectivity index (χ3n) is 3.24. The molecule has 0 aromatic heterocycles. The number of benzene rings is 3. The Morgan fingerprint density at radius 2 is 0.931 bits per heavy atom. The van der Waals surface area contributed by atoms with Crippen LogP contribution < -0.4 is 0 Å². The van der Waals surface area contributed by atoms with Gasteiger partial charge in [-0.25, -0.2) is 14.4 Å². The van der Waals surface area contributed by atoms with Crippen molar-refractivity contribution in [2.24, 2.45) is 0 Å². The van der Waals surface area contributed by atoms with Crippen LogP contribution in [0.1, 0.15) is 31.1 Å². The highest BCUT2D eigenvalue weighted by Gasteiger charge is 2.17. The van der Waals surface area contributed by atoms with Gasteiger partial charge in [0.1, 0.15) is 11.5 Å². The zero-order valence-corrected chi connectivity index (χ0v) is 15.0. The van der Waals surface area contributed by atoms with E-state index in [1.54, 1.807) is 48.5 Å². The van der Waals surface area contributed by atoms with Crippen LogP contribution in [0.5, 0.6) is 11.5 Å². The summed E-state index contributed by atoms with van der Waals surface area (Å²) in [5.74, 6) is -3.56. The first-order valence-electron chi connectivity index (χ1n) is 8.04. The number of hydrogen-bond donors (Lipinski definition) is 5. The molecule has 0 saturated heterocycles. The van der Waals surface area contributed by atoms with E-state index in [9.17, 15) is 14.4 Å². The number of rotatable bonds is 3. The molecule has 0 spiro atoms. The lowest BCUT2D eigenvalue weighted by atomic mass is 10.0. The second kappa shape index (κ2) is 11.4. The maximum Gasteiger partial charge on any atom is 0.336 e. The van der Waals surface area contributed by atoms with Crippen molar-refractivity contribution >= 4 is 17.9 Å². The van der Waals surface area contributed by atoms with Crippen molar-refractivity contribution in [3.8, 4) is 11.5 Å². The zero-order chi connectivity index (χ0) is 21.8. The Morgan fingerprint density at radius 3 is 1.21 bits per heavy atom. The maximum absolute atomic E-state index is 10.6. The van der Waals surface area contributed by atoms with E-state index in [0.717, 1.165) is 18.2 Å². The summed E-state index contributed by atoms with van der Waals surface area (Å²) in [5.41, 5.74) is -1.24. The highest BCUT2D eigenvalue weighted by molar-refractivity contribution is 6.03. The minimum atomic E-state index is -1.48. The first-order valence-corrected chi connectivity index (χ1v) is 8.04. The van der Waals surface area contributed by atoms with E-state index in [2.05, 4.69) is 0 Å². The fourth-order valence-corrected chi connectivity index (χ4v) is 1.90. The van der Waals surface area contributed by atoms with Gasteiger partial charge < -0.3 is 25.5 Å². The third kappa shape index (κ3) is 8.27. The summed E-state index contributed by atoms with van der Waals surface area (Å²) < 4.78 is 0. The topological polar surface area (TPSA) is 152 Å². The second-order valence-electron chi connectivity index (χ2n) is 5.35. The average Bonchev–Trinajstić information content (AvgIpc) is 2.69. The first-order chi connectivity index (χ1) is 13.7. The number of para-hydroxylation sites is 2. The predicted molar refractivity (Wildman–Crippen MR) is 104 cm³/mol. The van der Waals surface area contributed by atoms with Gasteiger partial charge in [0.2, 0.25) is 0 Å². The number of carboxylic acids is 3. The molecule has 29 heavy (non-hydrogen) atoms. The van der Waals surface area contributed by atoms with Crippen molar-refractivity contribution in [1.82, 2.24) is 0 Å². The Morgan fingerprint density at radius 1 is 0.517 bits per heavy atom. The van der Waals surface area contributed by atoms with Gasteiger partial charge in [-0.2, -0.15) is 0 Å². The summed E-state index contributed by atoms with van der Waals surface area (Å²) in [7, 11) is 0. The normalized spacial score (nSPS) is 9.10. The molecule has 0 unspecified atom stereocenters. The minimum absolute atomic E-state index is 0.266. The van der Waals surface area contributed by atoms with Crippen LogP contribution in [-0.2, 0) is 0 Å². The van der Waals surface area contributed by atoms with E-state index in [0.29, 0.717) is 11.5 Å². The predicted octanol–water partition coefficient (Wildman–Crippen LogP) is 3.57. The highest BCUT2D eigenvalue weighted by Crippen LogP contribution is 2.12. The highest BCUT2D eigenvalue weighted by atomic mass is 16.4. The summed E-state index contributed by atoms with van der Waals surface area (Å²) in [6.07, 6.45) is 0. The summed E-state index contributed by atoms with van der Waals surface area (Å²) in [5, 5.41) is 43.1. The van der Waals surface area contributed by atoms with Crippen LogP contribution in [0.4, 0.5) is 0 Å². The molecule has 8 nitrogen and oxygen atoms in total. The quantitative estimate of drug-likeness (QED) is 0.449. The van der Waals surface area contributed by atoms with Crippen molar-refractivity contribution in [3.63, 3.8) is 0 Å². The van der Waals surface area contributed by atoms with Gasteiger partial charge in [-0.15, -0.1) is 0 Å². The molecule has 0 aliphatic heterocycles. The van der Waals surface area contributed by atoms with Crippen LogP contribution in [0.2, 0.25) is 0 Å². The van der Waals surface area contributed by atoms with Gasteiger partial charge in [0.05, 0.1) is 16.7 Å². The molecule has 150 valence electrons. The van der Waals surface area contributed by atoms with E-state index in [1.165, 1.54) is 0 Å². The van der Waals surface area contributed by atoms with Crippen LogP contribution in [0.15, 0.2) is 78.9 Å². The fourth-order valence-electron chi connectivity index (χ4n) is 1.90. The summed E-state index contributed by atoms with van der Waals surface area (Å²) in [4.78, 5) is 31.8. The molecule has 0 aliphatic rings. The van der Waals surface area contributed by atoms with Crippen LogP contribution in [-0.4, -0.2) is 43.4 Å². The van der Waals surface area contributed by atoms with Gasteiger partial charge in [0.25, 0.3) is 0 Å². The lowest BCUT2D eigenvalue weighted by Gasteiger charge is -2.02. The fraction of sp³-hybridized carbons (Fsp3) is 0. The van der Waals surface area contributed by atoms with E-state index in [4.69, 9.17) is 25.5 Å². The number of aromatic carboxylic acids is 3. The Labute approximate surface area is 165 Å². The van der Waals surface area contributed by atoms with Gasteiger partial charge in [0, 0.05) is 0 Å². The molecule has 0 bridgehead atoms. The number of hydrogen-bond acceptors (Lipinski definition) is 5. The maximum atomic E-state index is 10.6. The molecule has 5 N–H and O–H groups in total. The molecule has 0 atom stereocenters. The molecule has 0 fully saturated rings. The lowest BCUT2D eigenvalue weighted by Crippen LogP contribution is -2.10. The van der Waals surface area contributed by atoms with Gasteiger partial charge in [-0.05, 0) is 42.5 Å². The average molecular weight is 398 g/mol. The third-order valence-corrected chi connectivity index (χ3v) is 3.24. The molecule has 3 rings (SSSR count). The molecular formula is C21H18O8. The number of aromatic hydroxyl groups is 2. The molecule has 0 heterocycles. The largest absolute Gasteiger partial charge is 0.508 e. The second-order valence-corrected chi connectivity index (χ2v) is 5.35. The number of carbonyl (C=O) groups is 3. The van der Waals surface area contributed by atoms with Gasteiger partial charge >= 0.3 is 17.9 Å². The Bertz CT molecular complexity index is 915. The van der Waals surface area contributed by atoms with Gasteiger partial charge in [0.15, 0.2) is 0 Å². The van der Waals surface area contributed by atoms with Crippen LogP contribution in [0.3, 0.4) is 0 Å². The van der Waals surface area contributed by atoms with Gasteiger partial charge in [-0.1, -0.05) is 36.4 Å². The van der Waals surface area contributed by atoms with Crippen molar-refractivity contribution in [2.45, 2.75) is 0 Å². The number of carboxylic acid groups (broad SMARTS) is 3. The summed E-state index contributed by atoms with van der Waals surface area (Å²) in [6, 6.07) is 20.2. The molecule has 0 saturated carbocycles. The zero-order valence-electron chi connectivity index (χ0n) is 15.0. The molecule has 0 aliphatic carbocycles. The Hall–Kier alpha value is -4.33. The van der Waals surface area contributed by atoms with E-state index < -0.39 is 29.0 Å². The molecular weight excluding hydrogens is 380 g/mol. The SMILES string of the molecule is O=C(O)c1ccc(C(=O)O)c(C(=O)O)c1.Oc1ccccc1.Oc1ccccc1. The van der Waals surface area contributed by atoms with Crippen molar-refractivity contribution in [1.29, 1.82) is 0 Å². The van der Waals surface area contributed by atoms with E-state index in [-0.39, 0.29) is 5.56 Å². The number of phenols is 2. The van der Waals surface area contributed by atoms with Crippen LogP contribution in [0.25, 0.3) is 0 Å². The summed E-state index contributed by atoms with van der Waals surface area (Å²) >= 11 is 0. The molecule has 8 heteroatoms. The van der Waals surface area contributed by atoms with E-state index in [1.807, 2.05) is 12.1 Å². The van der Waals surface area contributed by atoms with Crippen LogP contribution in [0, 0.1) is 0 Å². The molecule has 3 aromatic rings. The molecule has 0 radical (unpaired) electrons. The smallest absolute Gasteiger partial charge is 0.336 e. The lowest BCUT2D eigenvalue weighted by molar-refractivity contribution is 0.0649. The first kappa shape index (κ1) is 22.7. The molecule has 3 aromatic carbocycles. The van der Waals surface area contributed by atoms with Crippen molar-refractivity contribution in [2.75, 3.05) is 0 Å². The number of phenolic OH excluding ortho intramolecular Hbond substituents is 2. The Balaban J connectivity index is 0.000000248. The standard InChI is InChI=1S/C9H6O6.2C6H6O/c10-7(11)4-1-2-5(8(12)13)6(3-4)9(14)15;2*7-6-4-2-1-3-5-6/h1-3H,(H,10,11)(H,12,13)(H,14,15);2*1-5,7H. The van der Waals surface area contributed by atoms with E-state index >= 15 is 0 Å². The minimum Gasteiger partial charge on any atom is -0.508 e. The summed E-state index contributed by atoms with van der Waals surface area (Å²) in [6.45, 7) is 0. The monoisotopic (exact) mass is 398 g/mol. The van der Waals surface area contributed by atoms with Crippen LogP contribution >= 0.6 is 0 Å².